The van der Waals surface area contributed by atoms with Crippen LogP contribution in [0.2, 0.25) is 5.02 Å². The third-order valence-corrected chi connectivity index (χ3v) is 3.25. The molecule has 0 bridgehead atoms. The molecule has 0 spiro atoms. The van der Waals surface area contributed by atoms with Gasteiger partial charge in [-0.15, -0.1) is 5.10 Å². The molecule has 0 saturated carbocycles. The van der Waals surface area contributed by atoms with Crippen molar-refractivity contribution in [1.82, 2.24) is 30.2 Å². The molecule has 8 nitrogen and oxygen atoms in total. The van der Waals surface area contributed by atoms with E-state index in [4.69, 9.17) is 11.6 Å². The van der Waals surface area contributed by atoms with E-state index in [1.54, 1.807) is 16.8 Å². The van der Waals surface area contributed by atoms with Crippen LogP contribution in [0.5, 0.6) is 0 Å². The SMILES string of the molecule is CCc1c(C(=O)Nc2ncn[nH]2)nnn1-c1cccc(Cl)c1. The number of hydrogen-bond acceptors (Lipinski definition) is 5. The molecule has 0 radical (unpaired) electrons. The summed E-state index contributed by atoms with van der Waals surface area (Å²) in [5, 5.41) is 17.4. The Kier molecular flexibility index (Phi) is 3.84. The molecule has 2 aromatic heterocycles. The van der Waals surface area contributed by atoms with Crippen molar-refractivity contribution >= 4 is 23.5 Å². The van der Waals surface area contributed by atoms with Crippen molar-refractivity contribution < 1.29 is 4.79 Å². The van der Waals surface area contributed by atoms with E-state index in [0.717, 1.165) is 5.69 Å². The van der Waals surface area contributed by atoms with Crippen molar-refractivity contribution in [3.8, 4) is 5.69 Å². The second-order valence-corrected chi connectivity index (χ2v) is 4.85. The fraction of sp³-hybridized carbons (Fsp3) is 0.154. The van der Waals surface area contributed by atoms with Crippen LogP contribution in [0.15, 0.2) is 30.6 Å². The second kappa shape index (κ2) is 5.94. The van der Waals surface area contributed by atoms with E-state index in [-0.39, 0.29) is 11.6 Å². The minimum atomic E-state index is -0.401. The van der Waals surface area contributed by atoms with Crippen molar-refractivity contribution in [1.29, 1.82) is 0 Å². The van der Waals surface area contributed by atoms with Gasteiger partial charge in [0, 0.05) is 5.02 Å². The predicted octanol–water partition coefficient (Wildman–Crippen LogP) is 1.85. The van der Waals surface area contributed by atoms with Crippen LogP contribution in [0.3, 0.4) is 0 Å². The monoisotopic (exact) mass is 317 g/mol. The molecule has 0 aliphatic heterocycles. The van der Waals surface area contributed by atoms with Crippen molar-refractivity contribution in [2.75, 3.05) is 5.32 Å². The highest BCUT2D eigenvalue weighted by molar-refractivity contribution is 6.30. The highest BCUT2D eigenvalue weighted by Gasteiger charge is 2.20. The average Bonchev–Trinajstić information content (AvgIpc) is 3.15. The molecule has 1 aromatic carbocycles. The maximum atomic E-state index is 12.3. The summed E-state index contributed by atoms with van der Waals surface area (Å²) in [7, 11) is 0. The normalized spacial score (nSPS) is 10.6. The minimum absolute atomic E-state index is 0.235. The van der Waals surface area contributed by atoms with Gasteiger partial charge in [-0.05, 0) is 24.6 Å². The third kappa shape index (κ3) is 2.68. The Labute approximate surface area is 130 Å². The van der Waals surface area contributed by atoms with Gasteiger partial charge in [-0.1, -0.05) is 29.8 Å². The quantitative estimate of drug-likeness (QED) is 0.764. The van der Waals surface area contributed by atoms with Gasteiger partial charge in [0.15, 0.2) is 5.69 Å². The Hall–Kier alpha value is -2.74. The maximum Gasteiger partial charge on any atom is 0.280 e. The van der Waals surface area contributed by atoms with Gasteiger partial charge in [0.1, 0.15) is 6.33 Å². The zero-order valence-electron chi connectivity index (χ0n) is 11.6. The van der Waals surface area contributed by atoms with E-state index in [9.17, 15) is 4.79 Å². The fourth-order valence-corrected chi connectivity index (χ4v) is 2.23. The summed E-state index contributed by atoms with van der Waals surface area (Å²) in [5.74, 6) is -0.147. The Morgan fingerprint density at radius 1 is 1.45 bits per heavy atom. The number of amides is 1. The number of carbonyl (C=O) groups excluding carboxylic acids is 1. The summed E-state index contributed by atoms with van der Waals surface area (Å²) in [4.78, 5) is 16.1. The van der Waals surface area contributed by atoms with Gasteiger partial charge in [0.25, 0.3) is 5.91 Å². The van der Waals surface area contributed by atoms with Crippen LogP contribution in [0.25, 0.3) is 5.69 Å². The largest absolute Gasteiger partial charge is 0.289 e. The first-order chi connectivity index (χ1) is 10.7. The Morgan fingerprint density at radius 3 is 3.00 bits per heavy atom. The molecule has 0 atom stereocenters. The van der Waals surface area contributed by atoms with E-state index in [1.807, 2.05) is 19.1 Å². The van der Waals surface area contributed by atoms with E-state index in [1.165, 1.54) is 6.33 Å². The van der Waals surface area contributed by atoms with Crippen LogP contribution in [0, 0.1) is 0 Å². The lowest BCUT2D eigenvalue weighted by atomic mass is 10.2. The summed E-state index contributed by atoms with van der Waals surface area (Å²) >= 11 is 5.99. The molecule has 0 aliphatic carbocycles. The summed E-state index contributed by atoms with van der Waals surface area (Å²) < 4.78 is 1.60. The lowest BCUT2D eigenvalue weighted by Crippen LogP contribution is -2.16. The van der Waals surface area contributed by atoms with Crippen molar-refractivity contribution in [3.05, 3.63) is 47.0 Å². The van der Waals surface area contributed by atoms with Crippen molar-refractivity contribution in [2.45, 2.75) is 13.3 Å². The van der Waals surface area contributed by atoms with Crippen LogP contribution in [0.1, 0.15) is 23.1 Å². The van der Waals surface area contributed by atoms with Crippen LogP contribution in [0.4, 0.5) is 5.95 Å². The van der Waals surface area contributed by atoms with Gasteiger partial charge < -0.3 is 0 Å². The third-order valence-electron chi connectivity index (χ3n) is 3.01. The number of benzene rings is 1. The highest BCUT2D eigenvalue weighted by Crippen LogP contribution is 2.18. The maximum absolute atomic E-state index is 12.3. The minimum Gasteiger partial charge on any atom is -0.289 e. The lowest BCUT2D eigenvalue weighted by molar-refractivity contribution is 0.102. The molecule has 0 aliphatic rings. The van der Waals surface area contributed by atoms with Gasteiger partial charge >= 0.3 is 0 Å². The number of nitrogens with zero attached hydrogens (tertiary/aromatic N) is 5. The average molecular weight is 318 g/mol. The lowest BCUT2D eigenvalue weighted by Gasteiger charge is -2.06. The number of nitrogens with one attached hydrogen (secondary N) is 2. The Bertz CT molecular complexity index is 797. The topological polar surface area (TPSA) is 101 Å². The first-order valence-electron chi connectivity index (χ1n) is 6.56. The fourth-order valence-electron chi connectivity index (χ4n) is 2.04. The number of H-pyrrole nitrogens is 1. The Balaban J connectivity index is 1.95. The molecule has 2 N–H and O–H groups in total. The summed E-state index contributed by atoms with van der Waals surface area (Å²) in [6.45, 7) is 1.92. The first kappa shape index (κ1) is 14.2. The molecule has 22 heavy (non-hydrogen) atoms. The molecular weight excluding hydrogens is 306 g/mol. The van der Waals surface area contributed by atoms with E-state index in [0.29, 0.717) is 17.1 Å². The number of hydrogen-bond donors (Lipinski definition) is 2. The zero-order chi connectivity index (χ0) is 15.5. The smallest absolute Gasteiger partial charge is 0.280 e. The number of anilines is 1. The number of halogens is 1. The molecule has 2 heterocycles. The van der Waals surface area contributed by atoms with Crippen molar-refractivity contribution in [3.63, 3.8) is 0 Å². The Morgan fingerprint density at radius 2 is 2.32 bits per heavy atom. The number of carbonyl (C=O) groups is 1. The molecule has 0 unspecified atom stereocenters. The molecule has 3 rings (SSSR count). The van der Waals surface area contributed by atoms with E-state index in [2.05, 4.69) is 30.8 Å². The molecule has 1 amide bonds. The molecule has 0 fully saturated rings. The number of aromatic nitrogens is 6. The van der Waals surface area contributed by atoms with Crippen LogP contribution < -0.4 is 5.32 Å². The molecule has 112 valence electrons. The highest BCUT2D eigenvalue weighted by atomic mass is 35.5. The molecule has 9 heteroatoms. The molecule has 3 aromatic rings. The summed E-state index contributed by atoms with van der Waals surface area (Å²) in [6.07, 6.45) is 1.89. The molecule has 0 saturated heterocycles. The first-order valence-corrected chi connectivity index (χ1v) is 6.94. The number of rotatable bonds is 4. The van der Waals surface area contributed by atoms with Crippen LogP contribution >= 0.6 is 11.6 Å². The van der Waals surface area contributed by atoms with Gasteiger partial charge in [-0.2, -0.15) is 10.1 Å². The molecular formula is C13H12ClN7O. The zero-order valence-corrected chi connectivity index (χ0v) is 12.4. The van der Waals surface area contributed by atoms with Gasteiger partial charge in [-0.25, -0.2) is 9.78 Å². The summed E-state index contributed by atoms with van der Waals surface area (Å²) in [5.41, 5.74) is 1.66. The van der Waals surface area contributed by atoms with Gasteiger partial charge in [-0.3, -0.25) is 10.1 Å². The van der Waals surface area contributed by atoms with Crippen LogP contribution in [-0.4, -0.2) is 36.1 Å². The summed E-state index contributed by atoms with van der Waals surface area (Å²) in [6, 6.07) is 7.18. The number of aromatic amines is 1. The standard InChI is InChI=1S/C13H12ClN7O/c1-2-10-11(12(22)17-13-15-7-16-19-13)18-20-21(10)9-5-3-4-8(14)6-9/h3-7H,2H2,1H3,(H2,15,16,17,19,22). The van der Waals surface area contributed by atoms with Gasteiger partial charge in [0.2, 0.25) is 5.95 Å². The van der Waals surface area contributed by atoms with E-state index >= 15 is 0 Å². The van der Waals surface area contributed by atoms with E-state index < -0.39 is 5.91 Å². The second-order valence-electron chi connectivity index (χ2n) is 4.42. The van der Waals surface area contributed by atoms with Crippen LogP contribution in [-0.2, 0) is 6.42 Å². The van der Waals surface area contributed by atoms with Gasteiger partial charge in [0.05, 0.1) is 11.4 Å². The van der Waals surface area contributed by atoms with Crippen molar-refractivity contribution in [2.24, 2.45) is 0 Å². The predicted molar refractivity (Wildman–Crippen MR) is 80.1 cm³/mol.